The highest BCUT2D eigenvalue weighted by Gasteiger charge is 2.22. The number of phenols is 1. The van der Waals surface area contributed by atoms with Crippen LogP contribution in [0.1, 0.15) is 28.8 Å². The first-order valence-corrected chi connectivity index (χ1v) is 8.93. The van der Waals surface area contributed by atoms with Gasteiger partial charge < -0.3 is 15.5 Å². The number of aromatic hydroxyl groups is 1. The molecule has 0 spiro atoms. The van der Waals surface area contributed by atoms with E-state index in [-0.39, 0.29) is 11.8 Å². The Bertz CT molecular complexity index is 809. The number of benzene rings is 3. The quantitative estimate of drug-likeness (QED) is 0.563. The Kier molecular flexibility index (Phi) is 5.87. The van der Waals surface area contributed by atoms with Crippen molar-refractivity contribution in [3.05, 3.63) is 100 Å². The van der Waals surface area contributed by atoms with E-state index < -0.39 is 6.10 Å². The molecule has 0 aromatic heterocycles. The van der Waals surface area contributed by atoms with Gasteiger partial charge in [-0.25, -0.2) is 0 Å². The van der Waals surface area contributed by atoms with Crippen molar-refractivity contribution in [2.24, 2.45) is 0 Å². The zero-order valence-corrected chi connectivity index (χ0v) is 15.2. The number of aliphatic hydroxyl groups is 1. The first-order valence-electron chi connectivity index (χ1n) is 8.14. The van der Waals surface area contributed by atoms with Gasteiger partial charge in [-0.3, -0.25) is 0 Å². The van der Waals surface area contributed by atoms with Crippen LogP contribution in [0.2, 0.25) is 0 Å². The maximum Gasteiger partial charge on any atom is 0.120 e. The number of hydrogen-bond acceptors (Lipinski definition) is 3. The molecular weight excluding hydrogens is 378 g/mol. The van der Waals surface area contributed by atoms with Crippen LogP contribution in [0.4, 0.5) is 0 Å². The van der Waals surface area contributed by atoms with Gasteiger partial charge in [-0.1, -0.05) is 76.6 Å². The monoisotopic (exact) mass is 397 g/mol. The molecule has 0 aliphatic rings. The summed E-state index contributed by atoms with van der Waals surface area (Å²) in [6.07, 6.45) is -0.696. The molecule has 0 heterocycles. The molecule has 0 unspecified atom stereocenters. The molecule has 0 saturated heterocycles. The highest BCUT2D eigenvalue weighted by atomic mass is 79.9. The minimum Gasteiger partial charge on any atom is -0.508 e. The minimum atomic E-state index is -0.696. The lowest BCUT2D eigenvalue weighted by Gasteiger charge is -2.25. The standard InChI is InChI=1S/C21H20BrNO2/c22-18-11-12-19(24)17(13-18)14-23-20(15-7-3-1-4-8-15)21(25)16-9-5-2-6-10-16/h1-13,20-21,23-25H,14H2/t20-,21+/m0/s1. The first kappa shape index (κ1) is 17.7. The summed E-state index contributed by atoms with van der Waals surface area (Å²) < 4.78 is 0.905. The maximum atomic E-state index is 10.9. The van der Waals surface area contributed by atoms with E-state index in [4.69, 9.17) is 0 Å². The van der Waals surface area contributed by atoms with Gasteiger partial charge in [-0.15, -0.1) is 0 Å². The molecule has 0 fully saturated rings. The second-order valence-corrected chi connectivity index (χ2v) is 6.81. The van der Waals surface area contributed by atoms with Gasteiger partial charge in [0.1, 0.15) is 5.75 Å². The summed E-state index contributed by atoms with van der Waals surface area (Å²) in [6.45, 7) is 0.439. The van der Waals surface area contributed by atoms with Gasteiger partial charge in [-0.05, 0) is 29.3 Å². The average Bonchev–Trinajstić information content (AvgIpc) is 2.66. The van der Waals surface area contributed by atoms with Crippen LogP contribution >= 0.6 is 15.9 Å². The van der Waals surface area contributed by atoms with E-state index in [0.29, 0.717) is 6.54 Å². The lowest BCUT2D eigenvalue weighted by molar-refractivity contribution is 0.127. The molecular formula is C21H20BrNO2. The van der Waals surface area contributed by atoms with E-state index in [1.807, 2.05) is 66.7 Å². The van der Waals surface area contributed by atoms with Crippen molar-refractivity contribution in [1.82, 2.24) is 5.32 Å². The normalized spacial score (nSPS) is 13.4. The molecule has 0 radical (unpaired) electrons. The summed E-state index contributed by atoms with van der Waals surface area (Å²) in [6, 6.07) is 24.5. The lowest BCUT2D eigenvalue weighted by atomic mass is 9.95. The molecule has 4 heteroatoms. The predicted octanol–water partition coefficient (Wildman–Crippen LogP) is 4.72. The van der Waals surface area contributed by atoms with Gasteiger partial charge in [0.25, 0.3) is 0 Å². The zero-order chi connectivity index (χ0) is 17.6. The summed E-state index contributed by atoms with van der Waals surface area (Å²) in [5, 5.41) is 24.3. The lowest BCUT2D eigenvalue weighted by Crippen LogP contribution is -2.27. The number of hydrogen-bond donors (Lipinski definition) is 3. The van der Waals surface area contributed by atoms with Crippen LogP contribution in [0.5, 0.6) is 5.75 Å². The molecule has 128 valence electrons. The average molecular weight is 398 g/mol. The second kappa shape index (κ2) is 8.30. The largest absolute Gasteiger partial charge is 0.508 e. The Morgan fingerprint density at radius 2 is 1.44 bits per heavy atom. The van der Waals surface area contributed by atoms with Crippen molar-refractivity contribution in [3.63, 3.8) is 0 Å². The summed E-state index contributed by atoms with van der Waals surface area (Å²) in [5.74, 6) is 0.233. The third-order valence-corrected chi connectivity index (χ3v) is 4.66. The number of halogens is 1. The molecule has 0 bridgehead atoms. The number of nitrogens with one attached hydrogen (secondary N) is 1. The van der Waals surface area contributed by atoms with Gasteiger partial charge >= 0.3 is 0 Å². The molecule has 3 nitrogen and oxygen atoms in total. The van der Waals surface area contributed by atoms with E-state index >= 15 is 0 Å². The number of aliphatic hydroxyl groups excluding tert-OH is 1. The number of phenolic OH excluding ortho intramolecular Hbond substituents is 1. The highest BCUT2D eigenvalue weighted by Crippen LogP contribution is 2.30. The van der Waals surface area contributed by atoms with Gasteiger partial charge in [0.05, 0.1) is 12.1 Å². The van der Waals surface area contributed by atoms with Gasteiger partial charge in [0, 0.05) is 16.6 Å². The third-order valence-electron chi connectivity index (χ3n) is 4.17. The zero-order valence-electron chi connectivity index (χ0n) is 13.6. The van der Waals surface area contributed by atoms with Crippen LogP contribution < -0.4 is 5.32 Å². The summed E-state index contributed by atoms with van der Waals surface area (Å²) in [7, 11) is 0. The SMILES string of the molecule is Oc1ccc(Br)cc1CN[C@@H](c1ccccc1)[C@H](O)c1ccccc1. The van der Waals surface area contributed by atoms with E-state index in [9.17, 15) is 10.2 Å². The van der Waals surface area contributed by atoms with Gasteiger partial charge in [0.2, 0.25) is 0 Å². The minimum absolute atomic E-state index is 0.233. The van der Waals surface area contributed by atoms with Crippen LogP contribution in [-0.2, 0) is 6.54 Å². The van der Waals surface area contributed by atoms with Crippen LogP contribution in [0, 0.1) is 0 Å². The summed E-state index contributed by atoms with van der Waals surface area (Å²) >= 11 is 3.43. The van der Waals surface area contributed by atoms with E-state index in [1.165, 1.54) is 0 Å². The topological polar surface area (TPSA) is 52.5 Å². The molecule has 3 N–H and O–H groups in total. The van der Waals surface area contributed by atoms with Gasteiger partial charge in [-0.2, -0.15) is 0 Å². The van der Waals surface area contributed by atoms with E-state index in [1.54, 1.807) is 12.1 Å². The van der Waals surface area contributed by atoms with Gasteiger partial charge in [0.15, 0.2) is 0 Å². The molecule has 0 saturated carbocycles. The fourth-order valence-corrected chi connectivity index (χ4v) is 3.24. The van der Waals surface area contributed by atoms with Crippen molar-refractivity contribution >= 4 is 15.9 Å². The Hall–Kier alpha value is -2.14. The molecule has 0 aliphatic heterocycles. The van der Waals surface area contributed by atoms with E-state index in [0.717, 1.165) is 21.2 Å². The predicted molar refractivity (Wildman–Crippen MR) is 103 cm³/mol. The second-order valence-electron chi connectivity index (χ2n) is 5.90. The Morgan fingerprint density at radius 1 is 0.840 bits per heavy atom. The third kappa shape index (κ3) is 4.48. The molecule has 3 rings (SSSR count). The summed E-state index contributed by atoms with van der Waals surface area (Å²) in [5.41, 5.74) is 2.62. The van der Waals surface area contributed by atoms with Crippen LogP contribution in [0.3, 0.4) is 0 Å². The fraction of sp³-hybridized carbons (Fsp3) is 0.143. The maximum absolute atomic E-state index is 10.9. The van der Waals surface area contributed by atoms with Crippen molar-refractivity contribution in [2.45, 2.75) is 18.7 Å². The molecule has 25 heavy (non-hydrogen) atoms. The molecule has 2 atom stereocenters. The van der Waals surface area contributed by atoms with Crippen LogP contribution in [-0.4, -0.2) is 10.2 Å². The van der Waals surface area contributed by atoms with Crippen molar-refractivity contribution in [3.8, 4) is 5.75 Å². The Labute approximate surface area is 156 Å². The molecule has 3 aromatic rings. The van der Waals surface area contributed by atoms with E-state index in [2.05, 4.69) is 21.2 Å². The summed E-state index contributed by atoms with van der Waals surface area (Å²) in [4.78, 5) is 0. The van der Waals surface area contributed by atoms with Crippen molar-refractivity contribution in [1.29, 1.82) is 0 Å². The smallest absolute Gasteiger partial charge is 0.120 e. The first-order chi connectivity index (χ1) is 12.1. The Morgan fingerprint density at radius 3 is 2.08 bits per heavy atom. The van der Waals surface area contributed by atoms with Crippen molar-refractivity contribution < 1.29 is 10.2 Å². The molecule has 3 aromatic carbocycles. The Balaban J connectivity index is 1.85. The number of rotatable bonds is 6. The fourth-order valence-electron chi connectivity index (χ4n) is 2.83. The molecule has 0 amide bonds. The highest BCUT2D eigenvalue weighted by molar-refractivity contribution is 9.10. The van der Waals surface area contributed by atoms with Crippen LogP contribution in [0.15, 0.2) is 83.3 Å². The molecule has 0 aliphatic carbocycles. The van der Waals surface area contributed by atoms with Crippen LogP contribution in [0.25, 0.3) is 0 Å². The van der Waals surface area contributed by atoms with Crippen molar-refractivity contribution in [2.75, 3.05) is 0 Å².